The zero-order valence-corrected chi connectivity index (χ0v) is 12.2. The van der Waals surface area contributed by atoms with Crippen LogP contribution in [0, 0.1) is 0 Å². The molecule has 0 saturated heterocycles. The maximum Gasteiger partial charge on any atom is 0.272 e. The molecule has 0 saturated carbocycles. The van der Waals surface area contributed by atoms with Gasteiger partial charge in [0, 0.05) is 10.3 Å². The second-order valence-corrected chi connectivity index (χ2v) is 6.15. The van der Waals surface area contributed by atoms with Crippen molar-refractivity contribution in [3.63, 3.8) is 0 Å². The number of carbonyl (C=O) groups is 1. The van der Waals surface area contributed by atoms with Crippen LogP contribution in [0.1, 0.15) is 21.5 Å². The minimum atomic E-state index is -0.116. The molecule has 21 heavy (non-hydrogen) atoms. The minimum Gasteiger partial charge on any atom is -0.312 e. The number of nitrogens with zero attached hydrogens (tertiary/aromatic N) is 2. The van der Waals surface area contributed by atoms with E-state index in [0.717, 1.165) is 16.6 Å². The highest BCUT2D eigenvalue weighted by atomic mass is 32.1. The van der Waals surface area contributed by atoms with Gasteiger partial charge >= 0.3 is 0 Å². The minimum absolute atomic E-state index is 0.0736. The van der Waals surface area contributed by atoms with E-state index in [1.54, 1.807) is 11.3 Å². The summed E-state index contributed by atoms with van der Waals surface area (Å²) in [6.45, 7) is 4.56. The summed E-state index contributed by atoms with van der Waals surface area (Å²) in [5.74, 6) is 0.0736. The smallest absolute Gasteiger partial charge is 0.272 e. The molecule has 0 radical (unpaired) electrons. The lowest BCUT2D eigenvalue weighted by molar-refractivity contribution is 0.0726. The number of rotatable bonds is 3. The molecular weight excluding hydrogens is 280 g/mol. The van der Waals surface area contributed by atoms with E-state index in [9.17, 15) is 4.79 Å². The fraction of sp³-hybridized carbons (Fsp3) is 0.118. The van der Waals surface area contributed by atoms with E-state index in [1.807, 2.05) is 46.7 Å². The second kappa shape index (κ2) is 4.60. The van der Waals surface area contributed by atoms with Crippen LogP contribution in [0.5, 0.6) is 0 Å². The zero-order valence-electron chi connectivity index (χ0n) is 11.4. The van der Waals surface area contributed by atoms with Gasteiger partial charge in [0.25, 0.3) is 5.91 Å². The highest BCUT2D eigenvalue weighted by Crippen LogP contribution is 2.35. The molecule has 3 aromatic rings. The summed E-state index contributed by atoms with van der Waals surface area (Å²) in [6.07, 6.45) is 1.73. The standard InChI is InChI=1S/C17H14N2OS/c1-2-16-18(11-13-7-5-9-21-13)17(20)15-10-12-6-3-4-8-14(12)19(15)16/h2-10,16H,1,11H2. The van der Waals surface area contributed by atoms with Crippen molar-refractivity contribution in [2.75, 3.05) is 0 Å². The Kier molecular flexibility index (Phi) is 2.72. The summed E-state index contributed by atoms with van der Waals surface area (Å²) in [7, 11) is 0. The van der Waals surface area contributed by atoms with Gasteiger partial charge in [0.2, 0.25) is 0 Å². The van der Waals surface area contributed by atoms with Gasteiger partial charge in [0.15, 0.2) is 0 Å². The number of benzene rings is 1. The third-order valence-electron chi connectivity index (χ3n) is 3.93. The number of carbonyl (C=O) groups excluding carboxylic acids is 1. The predicted molar refractivity (Wildman–Crippen MR) is 85.4 cm³/mol. The molecule has 3 nitrogen and oxygen atoms in total. The molecule has 1 aromatic carbocycles. The van der Waals surface area contributed by atoms with Crippen LogP contribution in [0.2, 0.25) is 0 Å². The second-order valence-electron chi connectivity index (χ2n) is 5.12. The first-order chi connectivity index (χ1) is 10.3. The van der Waals surface area contributed by atoms with Crippen molar-refractivity contribution in [2.24, 2.45) is 0 Å². The van der Waals surface area contributed by atoms with Crippen molar-refractivity contribution in [2.45, 2.75) is 12.7 Å². The average molecular weight is 294 g/mol. The van der Waals surface area contributed by atoms with Crippen LogP contribution >= 0.6 is 11.3 Å². The quantitative estimate of drug-likeness (QED) is 0.669. The van der Waals surface area contributed by atoms with Gasteiger partial charge in [-0.25, -0.2) is 0 Å². The first-order valence-electron chi connectivity index (χ1n) is 6.85. The van der Waals surface area contributed by atoms with Gasteiger partial charge in [0.05, 0.1) is 12.1 Å². The lowest BCUT2D eigenvalue weighted by Gasteiger charge is -2.23. The molecule has 0 spiro atoms. The van der Waals surface area contributed by atoms with Gasteiger partial charge in [-0.2, -0.15) is 0 Å². The van der Waals surface area contributed by atoms with Gasteiger partial charge in [-0.1, -0.05) is 30.8 Å². The summed E-state index contributed by atoms with van der Waals surface area (Å²) in [4.78, 5) is 15.8. The van der Waals surface area contributed by atoms with Crippen LogP contribution in [0.15, 0.2) is 60.5 Å². The molecule has 0 N–H and O–H groups in total. The third-order valence-corrected chi connectivity index (χ3v) is 4.79. The monoisotopic (exact) mass is 294 g/mol. The maximum atomic E-state index is 12.7. The van der Waals surface area contributed by atoms with Crippen LogP contribution in [-0.2, 0) is 6.54 Å². The highest BCUT2D eigenvalue weighted by molar-refractivity contribution is 7.09. The van der Waals surface area contributed by atoms with Gasteiger partial charge in [-0.3, -0.25) is 4.79 Å². The Labute approximate surface area is 126 Å². The molecule has 1 amide bonds. The molecule has 4 heteroatoms. The molecule has 0 bridgehead atoms. The number of hydrogen-bond donors (Lipinski definition) is 0. The molecule has 0 fully saturated rings. The fourth-order valence-electron chi connectivity index (χ4n) is 3.00. The third kappa shape index (κ3) is 1.76. The van der Waals surface area contributed by atoms with Gasteiger partial charge in [0.1, 0.15) is 11.9 Å². The first-order valence-corrected chi connectivity index (χ1v) is 7.73. The van der Waals surface area contributed by atoms with E-state index < -0.39 is 0 Å². The largest absolute Gasteiger partial charge is 0.312 e. The summed E-state index contributed by atoms with van der Waals surface area (Å²) >= 11 is 1.67. The Morgan fingerprint density at radius 1 is 1.24 bits per heavy atom. The molecule has 1 unspecified atom stereocenters. The highest BCUT2D eigenvalue weighted by Gasteiger charge is 2.36. The number of aromatic nitrogens is 1. The SMILES string of the molecule is C=CC1N(Cc2cccs2)C(=O)c2cc3ccccc3n21. The molecule has 3 heterocycles. The summed E-state index contributed by atoms with van der Waals surface area (Å²) in [5, 5.41) is 3.14. The Balaban J connectivity index is 1.82. The Bertz CT molecular complexity index is 832. The number of amides is 1. The lowest BCUT2D eigenvalue weighted by atomic mass is 10.2. The van der Waals surface area contributed by atoms with Crippen LogP contribution < -0.4 is 0 Å². The number of hydrogen-bond acceptors (Lipinski definition) is 2. The van der Waals surface area contributed by atoms with Crippen molar-refractivity contribution in [1.82, 2.24) is 9.47 Å². The Hall–Kier alpha value is -2.33. The summed E-state index contributed by atoms with van der Waals surface area (Å²) < 4.78 is 2.08. The van der Waals surface area contributed by atoms with Gasteiger partial charge in [-0.05, 0) is 29.7 Å². The van der Waals surface area contributed by atoms with Crippen molar-refractivity contribution in [1.29, 1.82) is 0 Å². The molecule has 1 aliphatic heterocycles. The molecular formula is C17H14N2OS. The van der Waals surface area contributed by atoms with Gasteiger partial charge in [-0.15, -0.1) is 11.3 Å². The zero-order chi connectivity index (χ0) is 14.4. The lowest BCUT2D eigenvalue weighted by Crippen LogP contribution is -2.27. The van der Waals surface area contributed by atoms with Crippen LogP contribution in [0.25, 0.3) is 10.9 Å². The summed E-state index contributed by atoms with van der Waals surface area (Å²) in [5.41, 5.74) is 1.83. The molecule has 4 rings (SSSR count). The van der Waals surface area contributed by atoms with Crippen molar-refractivity contribution >= 4 is 28.1 Å². The maximum absolute atomic E-state index is 12.7. The van der Waals surface area contributed by atoms with Crippen molar-refractivity contribution in [3.05, 3.63) is 71.1 Å². The first kappa shape index (κ1) is 12.4. The summed E-state index contributed by atoms with van der Waals surface area (Å²) in [6, 6.07) is 14.1. The Morgan fingerprint density at radius 3 is 2.86 bits per heavy atom. The van der Waals surface area contributed by atoms with E-state index in [4.69, 9.17) is 0 Å². The van der Waals surface area contributed by atoms with Crippen LogP contribution in [-0.4, -0.2) is 15.4 Å². The normalized spacial score (nSPS) is 17.4. The van der Waals surface area contributed by atoms with Crippen molar-refractivity contribution in [3.8, 4) is 0 Å². The number of thiophene rings is 1. The predicted octanol–water partition coefficient (Wildman–Crippen LogP) is 4.04. The van der Waals surface area contributed by atoms with E-state index in [2.05, 4.69) is 23.3 Å². The number of fused-ring (bicyclic) bond motifs is 3. The van der Waals surface area contributed by atoms with Crippen molar-refractivity contribution < 1.29 is 4.79 Å². The molecule has 1 atom stereocenters. The van der Waals surface area contributed by atoms with E-state index in [-0.39, 0.29) is 12.1 Å². The molecule has 104 valence electrons. The van der Waals surface area contributed by atoms with Gasteiger partial charge < -0.3 is 9.47 Å². The van der Waals surface area contributed by atoms with E-state index in [0.29, 0.717) is 6.54 Å². The topological polar surface area (TPSA) is 25.2 Å². The molecule has 2 aromatic heterocycles. The molecule has 0 aliphatic carbocycles. The molecule has 1 aliphatic rings. The van der Waals surface area contributed by atoms with E-state index >= 15 is 0 Å². The van der Waals surface area contributed by atoms with E-state index in [1.165, 1.54) is 4.88 Å². The van der Waals surface area contributed by atoms with Crippen LogP contribution in [0.3, 0.4) is 0 Å². The average Bonchev–Trinajstić information content (AvgIpc) is 3.18. The fourth-order valence-corrected chi connectivity index (χ4v) is 3.70. The number of para-hydroxylation sites is 1. The van der Waals surface area contributed by atoms with Crippen LogP contribution in [0.4, 0.5) is 0 Å². The Morgan fingerprint density at radius 2 is 2.10 bits per heavy atom.